The fourth-order valence-electron chi connectivity index (χ4n) is 3.21. The molecule has 1 heterocycles. The van der Waals surface area contributed by atoms with Crippen LogP contribution in [0.1, 0.15) is 28.4 Å². The Balaban J connectivity index is 1.87. The number of halogens is 1. The normalized spacial score (nSPS) is 28.9. The molecule has 1 aliphatic heterocycles. The number of ether oxygens (including phenoxy) is 1. The van der Waals surface area contributed by atoms with Crippen molar-refractivity contribution in [2.24, 2.45) is 0 Å². The first-order valence-corrected chi connectivity index (χ1v) is 8.93. The summed E-state index contributed by atoms with van der Waals surface area (Å²) < 4.78 is 5.62. The molecule has 1 aliphatic rings. The van der Waals surface area contributed by atoms with Crippen LogP contribution in [-0.4, -0.2) is 51.4 Å². The number of hydrogen-bond acceptors (Lipinski definition) is 5. The molecule has 6 heteroatoms. The lowest BCUT2D eigenvalue weighted by atomic mass is 9.90. The Morgan fingerprint density at radius 3 is 2.31 bits per heavy atom. The Morgan fingerprint density at radius 2 is 1.65 bits per heavy atom. The molecule has 140 valence electrons. The zero-order valence-electron chi connectivity index (χ0n) is 14.4. The summed E-state index contributed by atoms with van der Waals surface area (Å²) in [6.45, 7) is 1.57. The number of aliphatic hydroxyl groups excluding tert-OH is 4. The molecule has 4 N–H and O–H groups in total. The van der Waals surface area contributed by atoms with E-state index in [2.05, 4.69) is 0 Å². The fourth-order valence-corrected chi connectivity index (χ4v) is 3.39. The Labute approximate surface area is 157 Å². The molecule has 2 aromatic rings. The molecule has 0 saturated carbocycles. The van der Waals surface area contributed by atoms with Gasteiger partial charge in [-0.15, -0.1) is 0 Å². The van der Waals surface area contributed by atoms with Crippen LogP contribution in [-0.2, 0) is 11.2 Å². The Bertz CT molecular complexity index is 746. The van der Waals surface area contributed by atoms with Gasteiger partial charge < -0.3 is 25.2 Å². The predicted octanol–water partition coefficient (Wildman–Crippen LogP) is 1.75. The molecule has 0 amide bonds. The van der Waals surface area contributed by atoms with Crippen LogP contribution < -0.4 is 0 Å². The maximum Gasteiger partial charge on any atom is 0.113 e. The van der Waals surface area contributed by atoms with Crippen LogP contribution in [0.25, 0.3) is 0 Å². The molecule has 1 fully saturated rings. The molecule has 26 heavy (non-hydrogen) atoms. The molecule has 2 aromatic carbocycles. The molecule has 1 saturated heterocycles. The lowest BCUT2D eigenvalue weighted by Gasteiger charge is -2.40. The van der Waals surface area contributed by atoms with Gasteiger partial charge in [0.1, 0.15) is 30.5 Å². The Hall–Kier alpha value is -1.47. The summed E-state index contributed by atoms with van der Waals surface area (Å²) in [5, 5.41) is 40.2. The summed E-state index contributed by atoms with van der Waals surface area (Å²) in [4.78, 5) is 0. The van der Waals surface area contributed by atoms with E-state index in [1.807, 2.05) is 37.3 Å². The first-order chi connectivity index (χ1) is 12.4. The summed E-state index contributed by atoms with van der Waals surface area (Å²) in [6, 6.07) is 13.4. The van der Waals surface area contributed by atoms with Gasteiger partial charge >= 0.3 is 0 Å². The second kappa shape index (κ2) is 8.05. The van der Waals surface area contributed by atoms with Gasteiger partial charge in [0, 0.05) is 5.02 Å². The minimum absolute atomic E-state index is 0.453. The van der Waals surface area contributed by atoms with Crippen LogP contribution >= 0.6 is 11.6 Å². The van der Waals surface area contributed by atoms with E-state index < -0.39 is 37.1 Å². The smallest absolute Gasteiger partial charge is 0.113 e. The zero-order chi connectivity index (χ0) is 18.8. The Kier molecular flexibility index (Phi) is 5.97. The second-order valence-electron chi connectivity index (χ2n) is 6.76. The van der Waals surface area contributed by atoms with Crippen LogP contribution in [0.15, 0.2) is 42.5 Å². The maximum atomic E-state index is 10.3. The minimum Gasteiger partial charge on any atom is -0.394 e. The van der Waals surface area contributed by atoms with E-state index in [0.29, 0.717) is 17.0 Å². The van der Waals surface area contributed by atoms with Crippen LogP contribution in [0.3, 0.4) is 0 Å². The molecular formula is C20H23ClO5. The predicted molar refractivity (Wildman–Crippen MR) is 98.2 cm³/mol. The van der Waals surface area contributed by atoms with Gasteiger partial charge in [0.2, 0.25) is 0 Å². The van der Waals surface area contributed by atoms with Crippen molar-refractivity contribution in [1.29, 1.82) is 0 Å². The lowest BCUT2D eigenvalue weighted by Crippen LogP contribution is -2.55. The van der Waals surface area contributed by atoms with E-state index in [9.17, 15) is 20.4 Å². The third kappa shape index (κ3) is 3.93. The largest absolute Gasteiger partial charge is 0.394 e. The van der Waals surface area contributed by atoms with Gasteiger partial charge in [-0.2, -0.15) is 0 Å². The number of aliphatic hydroxyl groups is 4. The van der Waals surface area contributed by atoms with Crippen LogP contribution in [0.5, 0.6) is 0 Å². The molecule has 0 bridgehead atoms. The third-order valence-electron chi connectivity index (χ3n) is 4.81. The van der Waals surface area contributed by atoms with E-state index in [1.54, 1.807) is 12.1 Å². The summed E-state index contributed by atoms with van der Waals surface area (Å²) in [5.74, 6) is 0. The van der Waals surface area contributed by atoms with Crippen molar-refractivity contribution in [3.8, 4) is 0 Å². The molecule has 0 radical (unpaired) electrons. The first kappa shape index (κ1) is 19.3. The van der Waals surface area contributed by atoms with E-state index in [4.69, 9.17) is 16.3 Å². The van der Waals surface area contributed by atoms with Crippen molar-refractivity contribution in [1.82, 2.24) is 0 Å². The Morgan fingerprint density at radius 1 is 0.962 bits per heavy atom. The van der Waals surface area contributed by atoms with Gasteiger partial charge in [-0.3, -0.25) is 0 Å². The summed E-state index contributed by atoms with van der Waals surface area (Å²) in [6.07, 6.45) is -5.26. The number of aryl methyl sites for hydroxylation is 1. The quantitative estimate of drug-likeness (QED) is 0.651. The van der Waals surface area contributed by atoms with Crippen LogP contribution in [0.2, 0.25) is 5.02 Å². The van der Waals surface area contributed by atoms with Crippen LogP contribution in [0.4, 0.5) is 0 Å². The highest BCUT2D eigenvalue weighted by Crippen LogP contribution is 2.34. The zero-order valence-corrected chi connectivity index (χ0v) is 15.2. The number of hydrogen-bond donors (Lipinski definition) is 4. The van der Waals surface area contributed by atoms with Crippen molar-refractivity contribution in [2.75, 3.05) is 6.61 Å². The molecule has 1 unspecified atom stereocenters. The highest BCUT2D eigenvalue weighted by Gasteiger charge is 2.43. The molecule has 0 spiro atoms. The van der Waals surface area contributed by atoms with Crippen molar-refractivity contribution in [3.63, 3.8) is 0 Å². The van der Waals surface area contributed by atoms with E-state index >= 15 is 0 Å². The standard InChI is InChI=1S/C20H23ClO5/c1-11-2-4-12(5-3-11)8-14-9-13(6-7-15(14)21)20-19(25)18(24)17(23)16(10-22)26-20/h2-7,9,16-20,22-25H,8,10H2,1H3/t16-,17-,18+,19-,20?/m1/s1. The third-order valence-corrected chi connectivity index (χ3v) is 5.17. The molecule has 0 aromatic heterocycles. The van der Waals surface area contributed by atoms with E-state index in [1.165, 1.54) is 5.56 Å². The topological polar surface area (TPSA) is 90.2 Å². The fraction of sp³-hybridized carbons (Fsp3) is 0.400. The van der Waals surface area contributed by atoms with E-state index in [-0.39, 0.29) is 0 Å². The average molecular weight is 379 g/mol. The highest BCUT2D eigenvalue weighted by molar-refractivity contribution is 6.31. The highest BCUT2D eigenvalue weighted by atomic mass is 35.5. The van der Waals surface area contributed by atoms with Gasteiger partial charge in [0.25, 0.3) is 0 Å². The molecule has 3 rings (SSSR count). The summed E-state index contributed by atoms with van der Waals surface area (Å²) in [5.41, 5.74) is 3.77. The maximum absolute atomic E-state index is 10.3. The van der Waals surface area contributed by atoms with Crippen molar-refractivity contribution >= 4 is 11.6 Å². The molecule has 0 aliphatic carbocycles. The lowest BCUT2D eigenvalue weighted by molar-refractivity contribution is -0.231. The SMILES string of the molecule is Cc1ccc(Cc2cc(C3O[C@H](CO)[C@@H](O)[C@H](O)[C@H]3O)ccc2Cl)cc1. The minimum atomic E-state index is -1.40. The van der Waals surface area contributed by atoms with E-state index in [0.717, 1.165) is 11.1 Å². The molecular weight excluding hydrogens is 356 g/mol. The summed E-state index contributed by atoms with van der Waals surface area (Å²) >= 11 is 6.33. The van der Waals surface area contributed by atoms with Gasteiger partial charge in [-0.1, -0.05) is 53.6 Å². The van der Waals surface area contributed by atoms with Crippen molar-refractivity contribution < 1.29 is 25.2 Å². The van der Waals surface area contributed by atoms with Crippen molar-refractivity contribution in [3.05, 3.63) is 69.7 Å². The number of rotatable bonds is 4. The average Bonchev–Trinajstić information content (AvgIpc) is 2.64. The van der Waals surface area contributed by atoms with Gasteiger partial charge in [0.15, 0.2) is 0 Å². The second-order valence-corrected chi connectivity index (χ2v) is 7.17. The molecule has 5 nitrogen and oxygen atoms in total. The van der Waals surface area contributed by atoms with Gasteiger partial charge in [-0.05, 0) is 36.1 Å². The van der Waals surface area contributed by atoms with Gasteiger partial charge in [-0.25, -0.2) is 0 Å². The monoisotopic (exact) mass is 378 g/mol. The van der Waals surface area contributed by atoms with Crippen molar-refractivity contribution in [2.45, 2.75) is 43.9 Å². The number of benzene rings is 2. The molecule has 5 atom stereocenters. The first-order valence-electron chi connectivity index (χ1n) is 8.55. The van der Waals surface area contributed by atoms with Gasteiger partial charge in [0.05, 0.1) is 6.61 Å². The summed E-state index contributed by atoms with van der Waals surface area (Å²) in [7, 11) is 0. The van der Waals surface area contributed by atoms with Crippen LogP contribution in [0, 0.1) is 6.92 Å².